The minimum Gasteiger partial charge on any atom is -0.496 e. The lowest BCUT2D eigenvalue weighted by atomic mass is 10.1. The van der Waals surface area contributed by atoms with E-state index in [9.17, 15) is 4.79 Å². The summed E-state index contributed by atoms with van der Waals surface area (Å²) in [5, 5.41) is 14.8. The van der Waals surface area contributed by atoms with Crippen LogP contribution in [0.4, 0.5) is 5.69 Å². The Morgan fingerprint density at radius 1 is 1.50 bits per heavy atom. The van der Waals surface area contributed by atoms with Gasteiger partial charge in [0.05, 0.1) is 13.7 Å². The van der Waals surface area contributed by atoms with Crippen molar-refractivity contribution in [3.05, 3.63) is 23.8 Å². The van der Waals surface area contributed by atoms with Crippen molar-refractivity contribution in [3.63, 3.8) is 0 Å². The minimum atomic E-state index is -0.109. The number of anilines is 1. The molecule has 1 aromatic rings. The molecule has 1 amide bonds. The van der Waals surface area contributed by atoms with E-state index in [1.54, 1.807) is 13.2 Å². The van der Waals surface area contributed by atoms with Gasteiger partial charge in [0.1, 0.15) is 5.75 Å². The number of hydrogen-bond acceptors (Lipinski definition) is 4. The van der Waals surface area contributed by atoms with Crippen molar-refractivity contribution >= 4 is 11.6 Å². The molecule has 18 heavy (non-hydrogen) atoms. The van der Waals surface area contributed by atoms with Gasteiger partial charge in [0, 0.05) is 30.8 Å². The Morgan fingerprint density at radius 3 is 2.78 bits per heavy atom. The highest BCUT2D eigenvalue weighted by molar-refractivity contribution is 5.88. The number of amides is 1. The monoisotopic (exact) mass is 252 g/mol. The molecule has 1 atom stereocenters. The predicted octanol–water partition coefficient (Wildman–Crippen LogP) is 1.12. The van der Waals surface area contributed by atoms with Gasteiger partial charge in [-0.15, -0.1) is 0 Å². The molecule has 3 N–H and O–H groups in total. The summed E-state index contributed by atoms with van der Waals surface area (Å²) in [4.78, 5) is 11.0. The van der Waals surface area contributed by atoms with Gasteiger partial charge >= 0.3 is 0 Å². The van der Waals surface area contributed by atoms with Crippen LogP contribution in [0, 0.1) is 0 Å². The maximum absolute atomic E-state index is 11.0. The highest BCUT2D eigenvalue weighted by atomic mass is 16.5. The number of ether oxygens (including phenoxy) is 1. The summed E-state index contributed by atoms with van der Waals surface area (Å²) in [6.45, 7) is 4.01. The third-order valence-corrected chi connectivity index (χ3v) is 2.52. The van der Waals surface area contributed by atoms with Gasteiger partial charge in [-0.1, -0.05) is 0 Å². The van der Waals surface area contributed by atoms with Crippen molar-refractivity contribution in [1.29, 1.82) is 0 Å². The molecule has 0 fully saturated rings. The van der Waals surface area contributed by atoms with Gasteiger partial charge in [-0.2, -0.15) is 0 Å². The van der Waals surface area contributed by atoms with Gasteiger partial charge < -0.3 is 20.5 Å². The second kappa shape index (κ2) is 6.98. The molecule has 0 spiro atoms. The predicted molar refractivity (Wildman–Crippen MR) is 70.7 cm³/mol. The van der Waals surface area contributed by atoms with Gasteiger partial charge in [-0.05, 0) is 25.1 Å². The van der Waals surface area contributed by atoms with Crippen LogP contribution >= 0.6 is 0 Å². The molecule has 100 valence electrons. The van der Waals surface area contributed by atoms with Gasteiger partial charge in [-0.3, -0.25) is 4.79 Å². The minimum absolute atomic E-state index is 0.0131. The lowest BCUT2D eigenvalue weighted by molar-refractivity contribution is -0.114. The van der Waals surface area contributed by atoms with Crippen LogP contribution in [0.25, 0.3) is 0 Å². The molecular weight excluding hydrogens is 232 g/mol. The first-order chi connectivity index (χ1) is 8.56. The number of aliphatic hydroxyl groups is 1. The SMILES string of the molecule is COc1ccc(NC(C)=O)cc1CNC(C)CO. The zero-order valence-electron chi connectivity index (χ0n) is 11.0. The molecule has 1 aromatic carbocycles. The van der Waals surface area contributed by atoms with E-state index in [2.05, 4.69) is 10.6 Å². The molecule has 5 heteroatoms. The Kier molecular flexibility index (Phi) is 5.61. The number of aliphatic hydroxyl groups excluding tert-OH is 1. The number of nitrogens with one attached hydrogen (secondary N) is 2. The highest BCUT2D eigenvalue weighted by Gasteiger charge is 2.07. The molecule has 5 nitrogen and oxygen atoms in total. The molecule has 0 aliphatic rings. The van der Waals surface area contributed by atoms with Crippen LogP contribution in [0.15, 0.2) is 18.2 Å². The molecule has 1 unspecified atom stereocenters. The number of hydrogen-bond donors (Lipinski definition) is 3. The maximum Gasteiger partial charge on any atom is 0.221 e. The lowest BCUT2D eigenvalue weighted by Gasteiger charge is -2.14. The second-order valence-electron chi connectivity index (χ2n) is 4.17. The fraction of sp³-hybridized carbons (Fsp3) is 0.462. The van der Waals surface area contributed by atoms with Crippen LogP contribution in [0.5, 0.6) is 5.75 Å². The third kappa shape index (κ3) is 4.35. The van der Waals surface area contributed by atoms with Gasteiger partial charge in [-0.25, -0.2) is 0 Å². The molecule has 0 heterocycles. The van der Waals surface area contributed by atoms with Crippen molar-refractivity contribution in [1.82, 2.24) is 5.32 Å². The molecule has 0 radical (unpaired) electrons. The van der Waals surface area contributed by atoms with Crippen LogP contribution in [0.2, 0.25) is 0 Å². The van der Waals surface area contributed by atoms with Crippen molar-refractivity contribution in [3.8, 4) is 5.75 Å². The van der Waals surface area contributed by atoms with E-state index in [0.717, 1.165) is 17.0 Å². The van der Waals surface area contributed by atoms with Crippen molar-refractivity contribution < 1.29 is 14.6 Å². The molecule has 0 saturated heterocycles. The van der Waals surface area contributed by atoms with Gasteiger partial charge in [0.15, 0.2) is 0 Å². The summed E-state index contributed by atoms with van der Waals surface area (Å²) in [7, 11) is 1.60. The van der Waals surface area contributed by atoms with Crippen molar-refractivity contribution in [2.24, 2.45) is 0 Å². The summed E-state index contributed by atoms with van der Waals surface area (Å²) < 4.78 is 5.26. The average Bonchev–Trinajstić information content (AvgIpc) is 2.35. The van der Waals surface area contributed by atoms with Crippen molar-refractivity contribution in [2.45, 2.75) is 26.4 Å². The first-order valence-corrected chi connectivity index (χ1v) is 5.85. The highest BCUT2D eigenvalue weighted by Crippen LogP contribution is 2.22. The fourth-order valence-electron chi connectivity index (χ4n) is 1.55. The fourth-order valence-corrected chi connectivity index (χ4v) is 1.55. The number of benzene rings is 1. The van der Waals surface area contributed by atoms with E-state index in [-0.39, 0.29) is 18.6 Å². The first kappa shape index (κ1) is 14.5. The molecule has 0 bridgehead atoms. The Morgan fingerprint density at radius 2 is 2.22 bits per heavy atom. The summed E-state index contributed by atoms with van der Waals surface area (Å²) in [5.41, 5.74) is 1.67. The molecular formula is C13H20N2O3. The molecule has 1 rings (SSSR count). The molecule has 0 aromatic heterocycles. The normalized spacial score (nSPS) is 12.0. The summed E-state index contributed by atoms with van der Waals surface area (Å²) in [6, 6.07) is 5.47. The van der Waals surface area contributed by atoms with Crippen LogP contribution < -0.4 is 15.4 Å². The van der Waals surface area contributed by atoms with E-state index in [1.807, 2.05) is 19.1 Å². The summed E-state index contributed by atoms with van der Waals surface area (Å²) >= 11 is 0. The zero-order chi connectivity index (χ0) is 13.5. The van der Waals surface area contributed by atoms with E-state index in [4.69, 9.17) is 9.84 Å². The first-order valence-electron chi connectivity index (χ1n) is 5.85. The summed E-state index contributed by atoms with van der Waals surface area (Å²) in [6.07, 6.45) is 0. The standard InChI is InChI=1S/C13H20N2O3/c1-9(8-16)14-7-11-6-12(15-10(2)17)4-5-13(11)18-3/h4-6,9,14,16H,7-8H2,1-3H3,(H,15,17). The Balaban J connectivity index is 2.81. The third-order valence-electron chi connectivity index (χ3n) is 2.52. The van der Waals surface area contributed by atoms with Crippen LogP contribution in [-0.2, 0) is 11.3 Å². The molecule has 0 aliphatic heterocycles. The largest absolute Gasteiger partial charge is 0.496 e. The number of carbonyl (C=O) groups is 1. The van der Waals surface area contributed by atoms with Crippen molar-refractivity contribution in [2.75, 3.05) is 19.0 Å². The van der Waals surface area contributed by atoms with Gasteiger partial charge in [0.25, 0.3) is 0 Å². The maximum atomic E-state index is 11.0. The smallest absolute Gasteiger partial charge is 0.221 e. The van der Waals surface area contributed by atoms with Crippen LogP contribution in [0.1, 0.15) is 19.4 Å². The topological polar surface area (TPSA) is 70.6 Å². The number of carbonyl (C=O) groups excluding carboxylic acids is 1. The van der Waals surface area contributed by atoms with Crippen LogP contribution in [0.3, 0.4) is 0 Å². The quantitative estimate of drug-likeness (QED) is 0.709. The van der Waals surface area contributed by atoms with Crippen LogP contribution in [-0.4, -0.2) is 30.8 Å². The van der Waals surface area contributed by atoms with E-state index < -0.39 is 0 Å². The number of rotatable bonds is 6. The second-order valence-corrected chi connectivity index (χ2v) is 4.17. The number of methoxy groups -OCH3 is 1. The average molecular weight is 252 g/mol. The van der Waals surface area contributed by atoms with E-state index in [0.29, 0.717) is 6.54 Å². The Bertz CT molecular complexity index is 407. The summed E-state index contributed by atoms with van der Waals surface area (Å²) in [5.74, 6) is 0.643. The Labute approximate surface area is 107 Å². The lowest BCUT2D eigenvalue weighted by Crippen LogP contribution is -2.28. The Hall–Kier alpha value is -1.59. The van der Waals surface area contributed by atoms with E-state index >= 15 is 0 Å². The zero-order valence-corrected chi connectivity index (χ0v) is 11.0. The van der Waals surface area contributed by atoms with E-state index in [1.165, 1.54) is 6.92 Å². The van der Waals surface area contributed by atoms with Gasteiger partial charge in [0.2, 0.25) is 5.91 Å². The molecule has 0 aliphatic carbocycles. The molecule has 0 saturated carbocycles.